The molecule has 2 unspecified atom stereocenters. The smallest absolute Gasteiger partial charge is 0.221 e. The molecule has 0 bridgehead atoms. The molecule has 2 aromatic carbocycles. The number of aromatic hydroxyl groups is 1. The number of amides is 1. The summed E-state index contributed by atoms with van der Waals surface area (Å²) in [6, 6.07) is 15.0. The third-order valence-electron chi connectivity index (χ3n) is 4.36. The zero-order valence-electron chi connectivity index (χ0n) is 13.7. The van der Waals surface area contributed by atoms with Crippen LogP contribution in [0.5, 0.6) is 5.75 Å². The number of carbonyl (C=O) groups excluding carboxylic acids is 1. The summed E-state index contributed by atoms with van der Waals surface area (Å²) in [7, 11) is 0. The highest BCUT2D eigenvalue weighted by Crippen LogP contribution is 2.49. The minimum Gasteiger partial charge on any atom is -0.508 e. The van der Waals surface area contributed by atoms with E-state index >= 15 is 0 Å². The molecule has 5 nitrogen and oxygen atoms in total. The van der Waals surface area contributed by atoms with Crippen LogP contribution in [0.3, 0.4) is 0 Å². The lowest BCUT2D eigenvalue weighted by Gasteiger charge is -2.28. The molecule has 0 spiro atoms. The van der Waals surface area contributed by atoms with E-state index in [0.717, 1.165) is 29.0 Å². The van der Waals surface area contributed by atoms with Gasteiger partial charge < -0.3 is 15.3 Å². The number of likely N-dealkylation sites (N-methyl/N-ethyl adjacent to an activating group) is 1. The first-order valence-corrected chi connectivity index (χ1v) is 7.92. The quantitative estimate of drug-likeness (QED) is 0.906. The highest BCUT2D eigenvalue weighted by atomic mass is 16.3. The van der Waals surface area contributed by atoms with E-state index in [-0.39, 0.29) is 23.6 Å². The van der Waals surface area contributed by atoms with Crippen LogP contribution < -0.4 is 10.2 Å². The third kappa shape index (κ3) is 2.67. The fourth-order valence-corrected chi connectivity index (χ4v) is 3.39. The lowest BCUT2D eigenvalue weighted by atomic mass is 9.91. The van der Waals surface area contributed by atoms with Crippen LogP contribution in [0.4, 0.5) is 11.4 Å². The van der Waals surface area contributed by atoms with Gasteiger partial charge in [-0.3, -0.25) is 4.79 Å². The maximum Gasteiger partial charge on any atom is 0.221 e. The molecule has 0 saturated carbocycles. The molecule has 2 N–H and O–H groups in total. The van der Waals surface area contributed by atoms with Gasteiger partial charge in [-0.25, -0.2) is 0 Å². The largest absolute Gasteiger partial charge is 0.508 e. The average molecular weight is 321 g/mol. The summed E-state index contributed by atoms with van der Waals surface area (Å²) in [5.74, 6) is -0.214. The number of benzene rings is 2. The minimum atomic E-state index is -0.299. The standard InChI is InChI=1S/C19H19N3O2/c1-3-22-18-10-15(24)8-9-16(18)17(11-20)19(22)13-4-6-14(7-5-13)21-12(2)23/h4-10,17,19,24H,3H2,1-2H3,(H,21,23). The summed E-state index contributed by atoms with van der Waals surface area (Å²) in [5, 5.41) is 22.2. The van der Waals surface area contributed by atoms with Crippen molar-refractivity contribution in [2.24, 2.45) is 0 Å². The first-order chi connectivity index (χ1) is 11.5. The van der Waals surface area contributed by atoms with Crippen molar-refractivity contribution < 1.29 is 9.90 Å². The van der Waals surface area contributed by atoms with E-state index in [9.17, 15) is 15.2 Å². The summed E-state index contributed by atoms with van der Waals surface area (Å²) in [4.78, 5) is 13.3. The maximum absolute atomic E-state index is 11.1. The lowest BCUT2D eigenvalue weighted by Crippen LogP contribution is -2.26. The van der Waals surface area contributed by atoms with Crippen LogP contribution in [0.25, 0.3) is 0 Å². The van der Waals surface area contributed by atoms with Gasteiger partial charge in [0.25, 0.3) is 0 Å². The van der Waals surface area contributed by atoms with Gasteiger partial charge in [0.15, 0.2) is 0 Å². The number of rotatable bonds is 3. The van der Waals surface area contributed by atoms with Crippen molar-refractivity contribution >= 4 is 17.3 Å². The molecular weight excluding hydrogens is 302 g/mol. The summed E-state index contributed by atoms with van der Waals surface area (Å²) in [5.41, 5.74) is 3.58. The number of fused-ring (bicyclic) bond motifs is 1. The molecule has 0 aliphatic carbocycles. The number of nitriles is 1. The zero-order chi connectivity index (χ0) is 17.3. The molecule has 1 amide bonds. The van der Waals surface area contributed by atoms with Crippen molar-refractivity contribution in [1.29, 1.82) is 5.26 Å². The van der Waals surface area contributed by atoms with Crippen LogP contribution in [0.1, 0.15) is 36.9 Å². The van der Waals surface area contributed by atoms with E-state index in [0.29, 0.717) is 0 Å². The predicted molar refractivity (Wildman–Crippen MR) is 93.0 cm³/mol. The Balaban J connectivity index is 2.00. The fraction of sp³-hybridized carbons (Fsp3) is 0.263. The van der Waals surface area contributed by atoms with Crippen LogP contribution >= 0.6 is 0 Å². The number of hydrogen-bond donors (Lipinski definition) is 2. The summed E-state index contributed by atoms with van der Waals surface area (Å²) in [6.45, 7) is 4.23. The van der Waals surface area contributed by atoms with Gasteiger partial charge in [0, 0.05) is 30.9 Å². The van der Waals surface area contributed by atoms with Gasteiger partial charge in [0.1, 0.15) is 5.75 Å². The molecule has 0 saturated heterocycles. The number of nitrogens with zero attached hydrogens (tertiary/aromatic N) is 2. The molecule has 1 heterocycles. The van der Waals surface area contributed by atoms with E-state index in [1.54, 1.807) is 12.1 Å². The van der Waals surface area contributed by atoms with Crippen molar-refractivity contribution in [1.82, 2.24) is 0 Å². The molecule has 122 valence electrons. The summed E-state index contributed by atoms with van der Waals surface area (Å²) >= 11 is 0. The highest BCUT2D eigenvalue weighted by molar-refractivity contribution is 5.88. The van der Waals surface area contributed by atoms with E-state index in [4.69, 9.17) is 0 Å². The summed E-state index contributed by atoms with van der Waals surface area (Å²) in [6.07, 6.45) is 0. The second-order valence-corrected chi connectivity index (χ2v) is 5.88. The van der Waals surface area contributed by atoms with Crippen molar-refractivity contribution in [3.8, 4) is 11.8 Å². The van der Waals surface area contributed by atoms with Crippen LogP contribution in [0.15, 0.2) is 42.5 Å². The Kier molecular flexibility index (Phi) is 4.13. The molecule has 0 fully saturated rings. The third-order valence-corrected chi connectivity index (χ3v) is 4.36. The van der Waals surface area contributed by atoms with Crippen molar-refractivity contribution in [3.05, 3.63) is 53.6 Å². The van der Waals surface area contributed by atoms with Gasteiger partial charge in [-0.05, 0) is 36.2 Å². The van der Waals surface area contributed by atoms with Crippen molar-refractivity contribution in [2.75, 3.05) is 16.8 Å². The molecule has 5 heteroatoms. The first kappa shape index (κ1) is 15.9. The van der Waals surface area contributed by atoms with E-state index in [1.165, 1.54) is 6.92 Å². The monoisotopic (exact) mass is 321 g/mol. The van der Waals surface area contributed by atoms with Crippen LogP contribution in [0.2, 0.25) is 0 Å². The second-order valence-electron chi connectivity index (χ2n) is 5.88. The topological polar surface area (TPSA) is 76.4 Å². The van der Waals surface area contributed by atoms with Gasteiger partial charge in [-0.1, -0.05) is 18.2 Å². The van der Waals surface area contributed by atoms with Crippen molar-refractivity contribution in [3.63, 3.8) is 0 Å². The predicted octanol–water partition coefficient (Wildman–Crippen LogP) is 3.54. The minimum absolute atomic E-state index is 0.108. The Morgan fingerprint density at radius 3 is 2.58 bits per heavy atom. The Morgan fingerprint density at radius 1 is 1.29 bits per heavy atom. The Hall–Kier alpha value is -3.00. The number of carbonyl (C=O) groups is 1. The molecule has 1 aliphatic heterocycles. The number of phenols is 1. The Morgan fingerprint density at radius 2 is 2.00 bits per heavy atom. The number of anilines is 2. The van der Waals surface area contributed by atoms with Crippen molar-refractivity contribution in [2.45, 2.75) is 25.8 Å². The van der Waals surface area contributed by atoms with E-state index < -0.39 is 0 Å². The molecule has 24 heavy (non-hydrogen) atoms. The number of hydrogen-bond acceptors (Lipinski definition) is 4. The SMILES string of the molecule is CCN1c2cc(O)ccc2C(C#N)C1c1ccc(NC(C)=O)cc1. The van der Waals surface area contributed by atoms with E-state index in [1.807, 2.05) is 37.3 Å². The van der Waals surface area contributed by atoms with Gasteiger partial charge in [-0.2, -0.15) is 5.26 Å². The molecule has 2 atom stereocenters. The second kappa shape index (κ2) is 6.25. The van der Waals surface area contributed by atoms with Gasteiger partial charge in [-0.15, -0.1) is 0 Å². The van der Waals surface area contributed by atoms with Gasteiger partial charge in [0.05, 0.1) is 18.0 Å². The summed E-state index contributed by atoms with van der Waals surface area (Å²) < 4.78 is 0. The normalized spacial score (nSPS) is 18.8. The molecular formula is C19H19N3O2. The zero-order valence-corrected chi connectivity index (χ0v) is 13.7. The molecule has 3 rings (SSSR count). The maximum atomic E-state index is 11.1. The molecule has 0 radical (unpaired) electrons. The van der Waals surface area contributed by atoms with Gasteiger partial charge in [0.2, 0.25) is 5.91 Å². The van der Waals surface area contributed by atoms with Crippen LogP contribution in [-0.4, -0.2) is 17.6 Å². The molecule has 2 aromatic rings. The molecule has 0 aromatic heterocycles. The Bertz CT molecular complexity index is 808. The van der Waals surface area contributed by atoms with E-state index in [2.05, 4.69) is 16.3 Å². The lowest BCUT2D eigenvalue weighted by molar-refractivity contribution is -0.114. The number of phenolic OH excluding ortho intramolecular Hbond substituents is 1. The van der Waals surface area contributed by atoms with Crippen LogP contribution in [0, 0.1) is 11.3 Å². The first-order valence-electron chi connectivity index (χ1n) is 7.92. The Labute approximate surface area is 141 Å². The highest BCUT2D eigenvalue weighted by Gasteiger charge is 2.39. The fourth-order valence-electron chi connectivity index (χ4n) is 3.39. The van der Waals surface area contributed by atoms with Gasteiger partial charge >= 0.3 is 0 Å². The molecule has 1 aliphatic rings. The number of nitrogens with one attached hydrogen (secondary N) is 1. The average Bonchev–Trinajstić information content (AvgIpc) is 2.87. The van der Waals surface area contributed by atoms with Crippen LogP contribution in [-0.2, 0) is 4.79 Å².